The second-order valence-corrected chi connectivity index (χ2v) is 14.1. The standard InChI is InChI=1S/C40H43Cl2N5O6/c1-25(2)53-34-23-31(52-3)15-16-32(34)38-44-35(26-7-11-29(41)12-8-26)36(27-9-13-30(42)14-10-27)47(38)40(51)46-21-19-45(20-22-46)18-17-43-39(50)33-6-4-5-28(24-48)37(33)49/h4-16,23,25,35-36,48-49H,17-22,24H2,1-3H3,(H,43,50)/t35-,36+/m0/s1. The number of phenols is 1. The van der Waals surface area contributed by atoms with Crippen molar-refractivity contribution in [3.05, 3.63) is 123 Å². The lowest BCUT2D eigenvalue weighted by Gasteiger charge is -2.39. The van der Waals surface area contributed by atoms with Gasteiger partial charge in [0, 0.05) is 60.9 Å². The predicted octanol–water partition coefficient (Wildman–Crippen LogP) is 6.70. The molecule has 53 heavy (non-hydrogen) atoms. The molecule has 6 rings (SSSR count). The molecule has 1 fully saturated rings. The maximum absolute atomic E-state index is 14.9. The number of aliphatic imine (C=N–C) groups is 1. The SMILES string of the molecule is COc1ccc(C2=N[C@@H](c3ccc(Cl)cc3)[C@@H](c3ccc(Cl)cc3)N2C(=O)N2CCN(CCNC(=O)c3cccc(CO)c3O)CC2)c(OC(C)C)c1. The van der Waals surface area contributed by atoms with Gasteiger partial charge in [0.15, 0.2) is 0 Å². The van der Waals surface area contributed by atoms with E-state index in [1.807, 2.05) is 85.5 Å². The summed E-state index contributed by atoms with van der Waals surface area (Å²) in [5, 5.41) is 23.8. The molecule has 0 radical (unpaired) electrons. The van der Waals surface area contributed by atoms with Crippen LogP contribution >= 0.6 is 23.2 Å². The summed E-state index contributed by atoms with van der Waals surface area (Å²) in [6, 6.07) is 24.1. The Hall–Kier alpha value is -4.81. The van der Waals surface area contributed by atoms with Gasteiger partial charge in [-0.25, -0.2) is 4.79 Å². The number of nitrogens with one attached hydrogen (secondary N) is 1. The molecule has 0 spiro atoms. The summed E-state index contributed by atoms with van der Waals surface area (Å²) in [5.74, 6) is 0.997. The molecule has 0 aromatic heterocycles. The van der Waals surface area contributed by atoms with Crippen molar-refractivity contribution < 1.29 is 29.3 Å². The van der Waals surface area contributed by atoms with Crippen molar-refractivity contribution in [2.24, 2.45) is 4.99 Å². The number of urea groups is 1. The van der Waals surface area contributed by atoms with Crippen molar-refractivity contribution in [2.45, 2.75) is 38.6 Å². The minimum absolute atomic E-state index is 0.112. The van der Waals surface area contributed by atoms with Crippen LogP contribution in [0.1, 0.15) is 58.5 Å². The van der Waals surface area contributed by atoms with E-state index in [4.69, 9.17) is 37.7 Å². The van der Waals surface area contributed by atoms with Gasteiger partial charge in [-0.1, -0.05) is 59.6 Å². The van der Waals surface area contributed by atoms with Crippen molar-refractivity contribution in [3.8, 4) is 17.2 Å². The average molecular weight is 761 g/mol. The fourth-order valence-corrected chi connectivity index (χ4v) is 6.91. The number of ether oxygens (including phenoxy) is 2. The van der Waals surface area contributed by atoms with Gasteiger partial charge in [-0.3, -0.25) is 19.6 Å². The van der Waals surface area contributed by atoms with Gasteiger partial charge in [0.1, 0.15) is 29.1 Å². The molecule has 0 unspecified atom stereocenters. The Bertz CT molecular complexity index is 1950. The highest BCUT2D eigenvalue weighted by molar-refractivity contribution is 6.30. The number of halogens is 2. The van der Waals surface area contributed by atoms with E-state index in [0.717, 1.165) is 11.1 Å². The molecule has 4 aromatic carbocycles. The van der Waals surface area contributed by atoms with E-state index in [1.165, 1.54) is 6.07 Å². The third-order valence-electron chi connectivity index (χ3n) is 9.38. The monoisotopic (exact) mass is 759 g/mol. The second kappa shape index (κ2) is 16.9. The number of rotatable bonds is 11. The number of carbonyl (C=O) groups is 2. The summed E-state index contributed by atoms with van der Waals surface area (Å²) in [7, 11) is 1.60. The first kappa shape index (κ1) is 37.9. The number of hydrogen-bond donors (Lipinski definition) is 3. The number of hydrogen-bond acceptors (Lipinski definition) is 8. The Morgan fingerprint density at radius 3 is 2.21 bits per heavy atom. The minimum atomic E-state index is -0.515. The number of aliphatic hydroxyl groups is 1. The second-order valence-electron chi connectivity index (χ2n) is 13.2. The van der Waals surface area contributed by atoms with Crippen LogP contribution in [-0.4, -0.2) is 95.2 Å². The molecule has 1 saturated heterocycles. The van der Waals surface area contributed by atoms with E-state index in [9.17, 15) is 19.8 Å². The Morgan fingerprint density at radius 2 is 1.58 bits per heavy atom. The van der Waals surface area contributed by atoms with E-state index in [0.29, 0.717) is 72.2 Å². The number of aromatic hydroxyl groups is 1. The minimum Gasteiger partial charge on any atom is -0.507 e. The summed E-state index contributed by atoms with van der Waals surface area (Å²) in [6.07, 6.45) is -0.152. The highest BCUT2D eigenvalue weighted by Crippen LogP contribution is 2.46. The lowest BCUT2D eigenvalue weighted by Crippen LogP contribution is -2.54. The first-order valence-corrected chi connectivity index (χ1v) is 18.3. The highest BCUT2D eigenvalue weighted by atomic mass is 35.5. The van der Waals surface area contributed by atoms with Gasteiger partial charge < -0.3 is 29.9 Å². The van der Waals surface area contributed by atoms with Crippen molar-refractivity contribution in [1.29, 1.82) is 0 Å². The molecular weight excluding hydrogens is 717 g/mol. The number of para-hydroxylation sites is 1. The lowest BCUT2D eigenvalue weighted by molar-refractivity contribution is 0.0935. The van der Waals surface area contributed by atoms with Crippen molar-refractivity contribution in [1.82, 2.24) is 20.0 Å². The molecule has 2 atom stereocenters. The normalized spacial score (nSPS) is 17.5. The van der Waals surface area contributed by atoms with Gasteiger partial charge in [0.25, 0.3) is 5.91 Å². The van der Waals surface area contributed by atoms with E-state index in [-0.39, 0.29) is 35.6 Å². The van der Waals surface area contributed by atoms with Crippen LogP contribution < -0.4 is 14.8 Å². The van der Waals surface area contributed by atoms with Crippen LogP contribution in [0.2, 0.25) is 10.0 Å². The average Bonchev–Trinajstić information content (AvgIpc) is 3.55. The predicted molar refractivity (Wildman–Crippen MR) is 205 cm³/mol. The molecular formula is C40H43Cl2N5O6. The Kier molecular flexibility index (Phi) is 12.1. The van der Waals surface area contributed by atoms with Gasteiger partial charge in [-0.15, -0.1) is 0 Å². The van der Waals surface area contributed by atoms with Crippen LogP contribution in [-0.2, 0) is 6.61 Å². The van der Waals surface area contributed by atoms with Crippen LogP contribution in [0.15, 0.2) is 89.9 Å². The zero-order valence-electron chi connectivity index (χ0n) is 29.8. The molecule has 2 heterocycles. The quantitative estimate of drug-likeness (QED) is 0.155. The van der Waals surface area contributed by atoms with Gasteiger partial charge in [-0.2, -0.15) is 0 Å². The number of methoxy groups -OCH3 is 1. The number of carbonyl (C=O) groups excluding carboxylic acids is 2. The zero-order valence-corrected chi connectivity index (χ0v) is 31.3. The summed E-state index contributed by atoms with van der Waals surface area (Å²) < 4.78 is 11.8. The molecule has 13 heteroatoms. The molecule has 0 aliphatic carbocycles. The number of amides is 3. The third kappa shape index (κ3) is 8.55. The zero-order chi connectivity index (χ0) is 37.6. The largest absolute Gasteiger partial charge is 0.507 e. The van der Waals surface area contributed by atoms with Crippen LogP contribution in [0, 0.1) is 0 Å². The molecule has 11 nitrogen and oxygen atoms in total. The van der Waals surface area contributed by atoms with Crippen LogP contribution in [0.25, 0.3) is 0 Å². The first-order valence-electron chi connectivity index (χ1n) is 17.5. The topological polar surface area (TPSA) is 127 Å². The van der Waals surface area contributed by atoms with Gasteiger partial charge in [-0.05, 0) is 67.4 Å². The maximum Gasteiger partial charge on any atom is 0.326 e. The molecule has 2 aliphatic heterocycles. The summed E-state index contributed by atoms with van der Waals surface area (Å²) in [4.78, 5) is 38.8. The number of nitrogens with zero attached hydrogens (tertiary/aromatic N) is 4. The Morgan fingerprint density at radius 1 is 0.925 bits per heavy atom. The molecule has 3 N–H and O–H groups in total. The Balaban J connectivity index is 1.27. The first-order chi connectivity index (χ1) is 25.6. The third-order valence-corrected chi connectivity index (χ3v) is 9.88. The number of amidine groups is 1. The molecule has 0 saturated carbocycles. The number of piperazine rings is 1. The van der Waals surface area contributed by atoms with Crippen molar-refractivity contribution in [3.63, 3.8) is 0 Å². The van der Waals surface area contributed by atoms with Gasteiger partial charge in [0.05, 0.1) is 37.0 Å². The molecule has 0 bridgehead atoms. The smallest absolute Gasteiger partial charge is 0.326 e. The molecule has 278 valence electrons. The fourth-order valence-electron chi connectivity index (χ4n) is 6.66. The summed E-state index contributed by atoms with van der Waals surface area (Å²) >= 11 is 12.6. The number of benzene rings is 4. The van der Waals surface area contributed by atoms with Crippen molar-refractivity contribution in [2.75, 3.05) is 46.4 Å². The van der Waals surface area contributed by atoms with E-state index in [1.54, 1.807) is 24.1 Å². The molecule has 4 aromatic rings. The van der Waals surface area contributed by atoms with Gasteiger partial charge >= 0.3 is 6.03 Å². The fraction of sp³-hybridized carbons (Fsp3) is 0.325. The Labute approximate surface area is 319 Å². The van der Waals surface area contributed by atoms with Crippen LogP contribution in [0.3, 0.4) is 0 Å². The van der Waals surface area contributed by atoms with Crippen LogP contribution in [0.4, 0.5) is 4.79 Å². The maximum atomic E-state index is 14.9. The van der Waals surface area contributed by atoms with Gasteiger partial charge in [0.2, 0.25) is 0 Å². The summed E-state index contributed by atoms with van der Waals surface area (Å²) in [5.41, 5.74) is 2.82. The van der Waals surface area contributed by atoms with E-state index < -0.39 is 18.0 Å². The summed E-state index contributed by atoms with van der Waals surface area (Å²) in [6.45, 7) is 6.50. The molecule has 3 amide bonds. The van der Waals surface area contributed by atoms with E-state index in [2.05, 4.69) is 10.2 Å². The molecule has 2 aliphatic rings. The van der Waals surface area contributed by atoms with Crippen molar-refractivity contribution >= 4 is 41.0 Å². The van der Waals surface area contributed by atoms with Crippen LogP contribution in [0.5, 0.6) is 17.2 Å². The highest BCUT2D eigenvalue weighted by Gasteiger charge is 2.45. The lowest BCUT2D eigenvalue weighted by atomic mass is 9.93. The van der Waals surface area contributed by atoms with E-state index >= 15 is 0 Å². The number of aliphatic hydroxyl groups excluding tert-OH is 1.